The van der Waals surface area contributed by atoms with Gasteiger partial charge in [-0.2, -0.15) is 0 Å². The molecule has 0 saturated carbocycles. The first kappa shape index (κ1) is 69.0. The fourth-order valence-corrected chi connectivity index (χ4v) is 12.9. The fraction of sp³-hybridized carbons (Fsp3) is 0.778. The minimum Gasteiger partial charge on any atom is -0.370 e. The molecule has 3 aromatic heterocycles. The van der Waals surface area contributed by atoms with Crippen molar-refractivity contribution in [2.24, 2.45) is 16.2 Å². The molecular weight excluding hydrogens is 1100 g/mol. The van der Waals surface area contributed by atoms with Gasteiger partial charge in [0.1, 0.15) is 18.7 Å². The fourth-order valence-electron chi connectivity index (χ4n) is 9.25. The van der Waals surface area contributed by atoms with Crippen LogP contribution in [0.5, 0.6) is 0 Å². The van der Waals surface area contributed by atoms with E-state index < -0.39 is 90.9 Å². The standard InChI is InChI=1S/C18H31N2O7P.C18H31N2O6PS.C18H30N2O4/c1-11-10-20(16(22)19-15(11)21)14-8-12(13(25-14)9-17(2,3)4)26-28(23,24)27-18(5,6)7;1-11-10-20(16(22)19-15(11)21)14-8-12(13(24-14)9-17(2,3)4)25-27(23,28)26-18(5,6)7;1-11-10-20(16(22)19-15(11)21)14-8-12(24-18(5,6)7)13(23-14)9-17(2,3)4/h10,12-14H,8-9H2,1-7H3,(H,23,24)(H,19,21,22);10,12-14H,8-9H2,1-7H3,(H,23,28)(H,19,21,22);10,12-14H,8-9H2,1-7H3,(H,19,21,22)/t12?,13-,14-;12?,13-,14-,27?;12?,13-,14-/m111/s1. The third kappa shape index (κ3) is 22.3. The van der Waals surface area contributed by atoms with E-state index in [1.54, 1.807) is 68.5 Å². The number of aromatic nitrogens is 6. The van der Waals surface area contributed by atoms with Crippen LogP contribution in [0.2, 0.25) is 0 Å². The molecule has 80 heavy (non-hydrogen) atoms. The Morgan fingerprint density at radius 3 is 1.07 bits per heavy atom. The minimum absolute atomic E-state index is 0.0735. The number of hydrogen-bond donors (Lipinski definition) is 5. The molecule has 3 fully saturated rings. The number of nitrogens with zero attached hydrogens (tertiary/aromatic N) is 3. The van der Waals surface area contributed by atoms with Crippen molar-refractivity contribution < 1.29 is 51.4 Å². The van der Waals surface area contributed by atoms with Crippen LogP contribution in [-0.4, -0.2) is 91.9 Å². The highest BCUT2D eigenvalue weighted by atomic mass is 32.5. The summed E-state index contributed by atoms with van der Waals surface area (Å²) in [7, 11) is -4.34. The van der Waals surface area contributed by atoms with Crippen LogP contribution in [0.3, 0.4) is 0 Å². The van der Waals surface area contributed by atoms with E-state index in [2.05, 4.69) is 56.5 Å². The predicted molar refractivity (Wildman–Crippen MR) is 308 cm³/mol. The van der Waals surface area contributed by atoms with Crippen LogP contribution in [0.25, 0.3) is 0 Å². The average Bonchev–Trinajstić information content (AvgIpc) is 3.90. The molecule has 3 aliphatic heterocycles. The summed E-state index contributed by atoms with van der Waals surface area (Å²) in [6.07, 6.45) is 3.38. The van der Waals surface area contributed by atoms with Gasteiger partial charge in [0.2, 0.25) is 0 Å². The largest absolute Gasteiger partial charge is 0.473 e. The topological polar surface area (TPSA) is 296 Å². The molecule has 0 spiro atoms. The number of aryl methyl sites for hydroxylation is 3. The smallest absolute Gasteiger partial charge is 0.370 e. The van der Waals surface area contributed by atoms with E-state index in [0.717, 1.165) is 6.42 Å². The van der Waals surface area contributed by atoms with Crippen LogP contribution in [0.15, 0.2) is 47.4 Å². The molecule has 0 radical (unpaired) electrons. The van der Waals surface area contributed by atoms with E-state index in [4.69, 9.17) is 48.8 Å². The summed E-state index contributed by atoms with van der Waals surface area (Å²) in [5.41, 5.74) is -3.52. The van der Waals surface area contributed by atoms with Crippen LogP contribution < -0.4 is 33.7 Å². The molecule has 6 heterocycles. The number of hydrogen-bond acceptors (Lipinski definition) is 16. The van der Waals surface area contributed by atoms with E-state index >= 15 is 0 Å². The molecule has 23 nitrogen and oxygen atoms in total. The molecule has 456 valence electrons. The molecule has 5 N–H and O–H groups in total. The first-order valence-corrected chi connectivity index (χ1v) is 31.1. The summed E-state index contributed by atoms with van der Waals surface area (Å²) >= 11 is 5.19. The normalized spacial score (nSPS) is 25.5. The molecule has 3 aliphatic rings. The third-order valence-electron chi connectivity index (χ3n) is 12.2. The van der Waals surface area contributed by atoms with Crippen molar-refractivity contribution in [1.82, 2.24) is 28.7 Å². The van der Waals surface area contributed by atoms with Gasteiger partial charge in [-0.3, -0.25) is 52.1 Å². The monoisotopic (exact) mass is 1190 g/mol. The van der Waals surface area contributed by atoms with Gasteiger partial charge < -0.3 is 37.8 Å². The molecule has 3 saturated heterocycles. The van der Waals surface area contributed by atoms with E-state index in [9.17, 15) is 43.1 Å². The Morgan fingerprint density at radius 2 is 0.787 bits per heavy atom. The average molecular weight is 1190 g/mol. The summed E-state index contributed by atoms with van der Waals surface area (Å²) in [5.74, 6) is 0. The Kier molecular flexibility index (Phi) is 22.2. The lowest BCUT2D eigenvalue weighted by atomic mass is 9.87. The van der Waals surface area contributed by atoms with Crippen LogP contribution in [-0.2, 0) is 53.4 Å². The lowest BCUT2D eigenvalue weighted by Crippen LogP contribution is -2.35. The number of nitrogens with one attached hydrogen (secondary N) is 3. The van der Waals surface area contributed by atoms with Crippen molar-refractivity contribution in [3.63, 3.8) is 0 Å². The summed E-state index contributed by atoms with van der Waals surface area (Å²) in [6, 6.07) is 0. The van der Waals surface area contributed by atoms with Crippen LogP contribution in [0.1, 0.15) is 199 Å². The molecular formula is C54H92N6O17P2S. The summed E-state index contributed by atoms with van der Waals surface area (Å²) in [5, 5.41) is 0. The van der Waals surface area contributed by atoms with Crippen molar-refractivity contribution in [2.45, 2.75) is 256 Å². The molecule has 0 amide bonds. The maximum atomic E-state index is 12.4. The van der Waals surface area contributed by atoms with Gasteiger partial charge in [0, 0.05) is 54.5 Å². The van der Waals surface area contributed by atoms with Gasteiger partial charge in [-0.05, 0) is 130 Å². The minimum atomic E-state index is -4.34. The number of phosphoric ester groups is 1. The van der Waals surface area contributed by atoms with Gasteiger partial charge >= 0.3 is 31.6 Å². The van der Waals surface area contributed by atoms with Crippen molar-refractivity contribution in [2.75, 3.05) is 0 Å². The predicted octanol–water partition coefficient (Wildman–Crippen LogP) is 8.61. The lowest BCUT2D eigenvalue weighted by molar-refractivity contribution is -0.102. The molecule has 0 bridgehead atoms. The zero-order valence-corrected chi connectivity index (χ0v) is 53.4. The Hall–Kier alpha value is -3.48. The van der Waals surface area contributed by atoms with Gasteiger partial charge in [0.05, 0.1) is 53.4 Å². The Balaban J connectivity index is 0.000000259. The van der Waals surface area contributed by atoms with Crippen LogP contribution in [0.4, 0.5) is 0 Å². The van der Waals surface area contributed by atoms with Crippen molar-refractivity contribution in [1.29, 1.82) is 0 Å². The summed E-state index contributed by atoms with van der Waals surface area (Å²) < 4.78 is 63.0. The van der Waals surface area contributed by atoms with E-state index in [1.807, 2.05) is 41.5 Å². The molecule has 5 unspecified atom stereocenters. The second-order valence-electron chi connectivity index (χ2n) is 27.7. The van der Waals surface area contributed by atoms with E-state index in [0.29, 0.717) is 42.4 Å². The lowest BCUT2D eigenvalue weighted by Gasteiger charge is -2.31. The van der Waals surface area contributed by atoms with E-state index in [1.165, 1.54) is 26.1 Å². The first-order valence-electron chi connectivity index (χ1n) is 27.0. The van der Waals surface area contributed by atoms with Gasteiger partial charge in [-0.15, -0.1) is 0 Å². The first-order chi connectivity index (χ1) is 36.0. The maximum Gasteiger partial charge on any atom is 0.473 e. The van der Waals surface area contributed by atoms with Crippen molar-refractivity contribution in [3.05, 3.63) is 97.8 Å². The maximum absolute atomic E-state index is 12.4. The summed E-state index contributed by atoms with van der Waals surface area (Å²) in [4.78, 5) is 99.0. The quantitative estimate of drug-likeness (QED) is 0.100. The second-order valence-corrected chi connectivity index (χ2v) is 31.8. The summed E-state index contributed by atoms with van der Waals surface area (Å²) in [6.45, 7) is 36.5. The second kappa shape index (κ2) is 25.8. The molecule has 11 atom stereocenters. The van der Waals surface area contributed by atoms with Gasteiger partial charge in [0.15, 0.2) is 0 Å². The number of ether oxygens (including phenoxy) is 4. The molecule has 26 heteroatoms. The van der Waals surface area contributed by atoms with Crippen LogP contribution >= 0.6 is 14.5 Å². The zero-order chi connectivity index (χ0) is 61.3. The SMILES string of the molecule is Cc1cn([C@H]2CC(OC(C)(C)C)[C@@H](CC(C)(C)C)O2)c(=O)[nH]c1=O.Cc1cn([C@H]2CC(OP(=O)(O)OC(C)(C)C)[C@@H](CC(C)(C)C)O2)c(=O)[nH]c1=O.Cc1cn([C@H]2CC(OP(O)(=S)OC(C)(C)C)[C@@H](CC(C)(C)C)O2)c(=O)[nH]c1=O. The highest BCUT2D eigenvalue weighted by Crippen LogP contribution is 2.53. The highest BCUT2D eigenvalue weighted by Gasteiger charge is 2.46. The van der Waals surface area contributed by atoms with Gasteiger partial charge in [-0.25, -0.2) is 18.9 Å². The molecule has 6 rings (SSSR count). The van der Waals surface area contributed by atoms with Crippen LogP contribution in [0, 0.1) is 37.0 Å². The number of aromatic amines is 3. The number of phosphoric acid groups is 1. The Morgan fingerprint density at radius 1 is 0.500 bits per heavy atom. The molecule has 3 aromatic rings. The molecule has 0 aromatic carbocycles. The Bertz CT molecular complexity index is 2900. The Labute approximate surface area is 474 Å². The third-order valence-corrected chi connectivity index (χ3v) is 15.3. The molecule has 0 aliphatic carbocycles. The van der Waals surface area contributed by atoms with E-state index in [-0.39, 0.29) is 52.1 Å². The van der Waals surface area contributed by atoms with Gasteiger partial charge in [-0.1, -0.05) is 62.3 Å². The number of H-pyrrole nitrogens is 3. The number of rotatable bonds is 13. The van der Waals surface area contributed by atoms with Crippen molar-refractivity contribution >= 4 is 26.3 Å². The van der Waals surface area contributed by atoms with Gasteiger partial charge in [0.25, 0.3) is 16.7 Å². The highest BCUT2D eigenvalue weighted by molar-refractivity contribution is 8.07. The zero-order valence-electron chi connectivity index (χ0n) is 50.8. The van der Waals surface area contributed by atoms with Crippen molar-refractivity contribution in [3.8, 4) is 0 Å².